The third-order valence-corrected chi connectivity index (χ3v) is 5.23. The zero-order valence-electron chi connectivity index (χ0n) is 14.6. The Morgan fingerprint density at radius 1 is 1.26 bits per heavy atom. The molecule has 0 aromatic carbocycles. The van der Waals surface area contributed by atoms with Crippen LogP contribution in [0.25, 0.3) is 0 Å². The highest BCUT2D eigenvalue weighted by Crippen LogP contribution is 2.40. The predicted molar refractivity (Wildman–Crippen MR) is 92.6 cm³/mol. The van der Waals surface area contributed by atoms with Crippen LogP contribution in [0, 0.1) is 12.3 Å². The first kappa shape index (κ1) is 16.2. The third-order valence-electron chi connectivity index (χ3n) is 5.23. The highest BCUT2D eigenvalue weighted by molar-refractivity contribution is 5.77. The first-order valence-electron chi connectivity index (χ1n) is 8.59. The number of likely N-dealkylation sites (tertiary alicyclic amines) is 1. The molecule has 1 atom stereocenters. The van der Waals surface area contributed by atoms with Crippen molar-refractivity contribution in [1.29, 1.82) is 0 Å². The molecule has 1 amide bonds. The van der Waals surface area contributed by atoms with Crippen molar-refractivity contribution in [3.63, 3.8) is 0 Å². The summed E-state index contributed by atoms with van der Waals surface area (Å²) in [6.07, 6.45) is 3.66. The molecule has 23 heavy (non-hydrogen) atoms. The number of likely N-dealkylation sites (N-methyl/N-ethyl adjacent to an activating group) is 1. The van der Waals surface area contributed by atoms with Gasteiger partial charge in [-0.25, -0.2) is 4.98 Å². The van der Waals surface area contributed by atoms with Gasteiger partial charge in [-0.05, 0) is 44.9 Å². The molecule has 0 aliphatic carbocycles. The van der Waals surface area contributed by atoms with Crippen LogP contribution < -0.4 is 4.90 Å². The summed E-state index contributed by atoms with van der Waals surface area (Å²) in [7, 11) is 3.67. The van der Waals surface area contributed by atoms with E-state index in [1.165, 1.54) is 19.3 Å². The van der Waals surface area contributed by atoms with Crippen LogP contribution in [0.1, 0.15) is 25.0 Å². The summed E-state index contributed by atoms with van der Waals surface area (Å²) in [5.74, 6) is 1.31. The Balaban J connectivity index is 1.65. The Kier molecular flexibility index (Phi) is 4.57. The maximum absolute atomic E-state index is 12.0. The van der Waals surface area contributed by atoms with Crippen molar-refractivity contribution in [2.45, 2.75) is 26.2 Å². The monoisotopic (exact) mass is 316 g/mol. The fourth-order valence-electron chi connectivity index (χ4n) is 3.95. The minimum atomic E-state index is 0.206. The first-order valence-corrected chi connectivity index (χ1v) is 8.59. The summed E-state index contributed by atoms with van der Waals surface area (Å²) in [6, 6.07) is 6.25. The zero-order valence-corrected chi connectivity index (χ0v) is 14.6. The predicted octanol–water partition coefficient (Wildman–Crippen LogP) is 1.77. The van der Waals surface area contributed by atoms with E-state index in [0.29, 0.717) is 12.0 Å². The van der Waals surface area contributed by atoms with E-state index in [2.05, 4.69) is 26.9 Å². The second-order valence-corrected chi connectivity index (χ2v) is 7.41. The molecule has 0 radical (unpaired) electrons. The number of anilines is 1. The Morgan fingerprint density at radius 2 is 2.09 bits per heavy atom. The highest BCUT2D eigenvalue weighted by atomic mass is 16.2. The first-order chi connectivity index (χ1) is 11.0. The molecule has 5 heteroatoms. The summed E-state index contributed by atoms with van der Waals surface area (Å²) < 4.78 is 0. The van der Waals surface area contributed by atoms with Crippen molar-refractivity contribution < 1.29 is 4.79 Å². The Morgan fingerprint density at radius 3 is 2.83 bits per heavy atom. The van der Waals surface area contributed by atoms with Gasteiger partial charge in [0.15, 0.2) is 0 Å². The van der Waals surface area contributed by atoms with Gasteiger partial charge >= 0.3 is 0 Å². The van der Waals surface area contributed by atoms with Gasteiger partial charge in [-0.15, -0.1) is 0 Å². The molecular formula is C18H28N4O. The molecule has 2 aliphatic rings. The van der Waals surface area contributed by atoms with Gasteiger partial charge in [0.2, 0.25) is 5.91 Å². The summed E-state index contributed by atoms with van der Waals surface area (Å²) in [6.45, 7) is 6.82. The van der Waals surface area contributed by atoms with Gasteiger partial charge < -0.3 is 9.80 Å². The molecule has 2 aliphatic heterocycles. The molecule has 5 nitrogen and oxygen atoms in total. The lowest BCUT2D eigenvalue weighted by atomic mass is 9.79. The number of hydrogen-bond donors (Lipinski definition) is 0. The van der Waals surface area contributed by atoms with Crippen molar-refractivity contribution in [3.8, 4) is 0 Å². The van der Waals surface area contributed by atoms with Gasteiger partial charge in [0, 0.05) is 44.8 Å². The summed E-state index contributed by atoms with van der Waals surface area (Å²) >= 11 is 0. The molecular weight excluding hydrogens is 288 g/mol. The largest absolute Gasteiger partial charge is 0.356 e. The van der Waals surface area contributed by atoms with Crippen LogP contribution in [0.2, 0.25) is 0 Å². The van der Waals surface area contributed by atoms with E-state index in [1.54, 1.807) is 4.90 Å². The van der Waals surface area contributed by atoms with E-state index in [1.807, 2.05) is 27.1 Å². The Hall–Kier alpha value is -1.62. The van der Waals surface area contributed by atoms with E-state index in [-0.39, 0.29) is 5.91 Å². The summed E-state index contributed by atoms with van der Waals surface area (Å²) in [5.41, 5.74) is 1.40. The molecule has 1 unspecified atom stereocenters. The summed E-state index contributed by atoms with van der Waals surface area (Å²) in [4.78, 5) is 23.1. The van der Waals surface area contributed by atoms with Crippen molar-refractivity contribution >= 4 is 11.7 Å². The molecule has 0 N–H and O–H groups in total. The Labute approximate surface area is 139 Å². The smallest absolute Gasteiger partial charge is 0.236 e. The van der Waals surface area contributed by atoms with Crippen molar-refractivity contribution in [2.24, 2.45) is 5.41 Å². The normalized spacial score (nSPS) is 25.1. The van der Waals surface area contributed by atoms with Gasteiger partial charge in [0.05, 0.1) is 6.54 Å². The fourth-order valence-corrected chi connectivity index (χ4v) is 3.95. The van der Waals surface area contributed by atoms with Crippen LogP contribution in [0.15, 0.2) is 18.2 Å². The van der Waals surface area contributed by atoms with Gasteiger partial charge in [0.1, 0.15) is 5.82 Å². The van der Waals surface area contributed by atoms with Crippen molar-refractivity contribution in [2.75, 3.05) is 51.7 Å². The highest BCUT2D eigenvalue weighted by Gasteiger charge is 2.42. The molecule has 1 spiro atoms. The number of aryl methyl sites for hydroxylation is 1. The van der Waals surface area contributed by atoms with E-state index >= 15 is 0 Å². The third kappa shape index (κ3) is 3.66. The van der Waals surface area contributed by atoms with Crippen LogP contribution in [0.4, 0.5) is 5.82 Å². The van der Waals surface area contributed by atoms with E-state index < -0.39 is 0 Å². The summed E-state index contributed by atoms with van der Waals surface area (Å²) in [5, 5.41) is 0. The molecule has 0 bridgehead atoms. The fraction of sp³-hybridized carbons (Fsp3) is 0.667. The minimum absolute atomic E-state index is 0.206. The average molecular weight is 316 g/mol. The lowest BCUT2D eigenvalue weighted by Crippen LogP contribution is -2.48. The molecule has 0 saturated carbocycles. The van der Waals surface area contributed by atoms with Gasteiger partial charge in [-0.2, -0.15) is 0 Å². The zero-order chi connectivity index (χ0) is 16.4. The lowest BCUT2D eigenvalue weighted by Gasteiger charge is -2.40. The molecule has 1 aromatic rings. The number of rotatable bonds is 3. The quantitative estimate of drug-likeness (QED) is 0.852. The second kappa shape index (κ2) is 6.48. The number of piperidine rings is 1. The number of nitrogens with zero attached hydrogens (tertiary/aromatic N) is 4. The molecule has 2 saturated heterocycles. The van der Waals surface area contributed by atoms with Gasteiger partial charge in [0.25, 0.3) is 0 Å². The number of carbonyl (C=O) groups is 1. The van der Waals surface area contributed by atoms with Crippen LogP contribution in [0.5, 0.6) is 0 Å². The number of aromatic nitrogens is 1. The average Bonchev–Trinajstić information content (AvgIpc) is 2.90. The molecule has 3 rings (SSSR count). The van der Waals surface area contributed by atoms with Crippen LogP contribution >= 0.6 is 0 Å². The number of hydrogen-bond acceptors (Lipinski definition) is 4. The van der Waals surface area contributed by atoms with E-state index in [0.717, 1.165) is 37.7 Å². The SMILES string of the molecule is Cc1cccc(N2CCC3(CCCN(CC(=O)N(C)C)C3)C2)n1. The topological polar surface area (TPSA) is 39.7 Å². The van der Waals surface area contributed by atoms with Crippen LogP contribution in [-0.2, 0) is 4.79 Å². The lowest BCUT2D eigenvalue weighted by molar-refractivity contribution is -0.130. The van der Waals surface area contributed by atoms with Crippen molar-refractivity contribution in [3.05, 3.63) is 23.9 Å². The maximum atomic E-state index is 12.0. The van der Waals surface area contributed by atoms with Crippen LogP contribution in [0.3, 0.4) is 0 Å². The molecule has 1 aromatic heterocycles. The second-order valence-electron chi connectivity index (χ2n) is 7.41. The van der Waals surface area contributed by atoms with Gasteiger partial charge in [-0.3, -0.25) is 9.69 Å². The standard InChI is InChI=1S/C18H28N4O/c1-15-6-4-7-16(19-15)22-11-9-18(14-22)8-5-10-21(13-18)12-17(23)20(2)3/h4,6-7H,5,8-14H2,1-3H3. The number of carbonyl (C=O) groups excluding carboxylic acids is 1. The number of amides is 1. The van der Waals surface area contributed by atoms with E-state index in [4.69, 9.17) is 0 Å². The molecule has 2 fully saturated rings. The number of pyridine rings is 1. The molecule has 126 valence electrons. The minimum Gasteiger partial charge on any atom is -0.356 e. The maximum Gasteiger partial charge on any atom is 0.236 e. The molecule has 3 heterocycles. The van der Waals surface area contributed by atoms with Crippen LogP contribution in [-0.4, -0.2) is 67.5 Å². The van der Waals surface area contributed by atoms with Crippen molar-refractivity contribution in [1.82, 2.24) is 14.8 Å². The van der Waals surface area contributed by atoms with E-state index in [9.17, 15) is 4.79 Å². The Bertz CT molecular complexity index is 574. The van der Waals surface area contributed by atoms with Gasteiger partial charge in [-0.1, -0.05) is 6.07 Å².